The number of halogens is 2. The molecular formula is C31H38BrFN10O3S. The first-order chi connectivity index (χ1) is 22.5. The highest BCUT2D eigenvalue weighted by atomic mass is 79.9. The van der Waals surface area contributed by atoms with Crippen molar-refractivity contribution in [2.45, 2.75) is 25.6 Å². The molecular weight excluding hydrogens is 691 g/mol. The fourth-order valence-electron chi connectivity index (χ4n) is 6.15. The van der Waals surface area contributed by atoms with Crippen molar-refractivity contribution < 1.29 is 17.5 Å². The zero-order chi connectivity index (χ0) is 33.3. The van der Waals surface area contributed by atoms with Crippen LogP contribution in [0.3, 0.4) is 0 Å². The lowest BCUT2D eigenvalue weighted by Gasteiger charge is -2.44. The van der Waals surface area contributed by atoms with E-state index in [1.807, 2.05) is 19.1 Å². The number of nitrogens with zero attached hydrogens (tertiary/aromatic N) is 7. The quantitative estimate of drug-likeness (QED) is 0.223. The third-order valence-electron chi connectivity index (χ3n) is 8.54. The number of aryl methyl sites for hydroxylation is 1. The number of hydrogen-bond acceptors (Lipinski definition) is 12. The van der Waals surface area contributed by atoms with E-state index in [-0.39, 0.29) is 17.7 Å². The first-order valence-corrected chi connectivity index (χ1v) is 18.0. The number of sulfonamides is 1. The number of methoxy groups -OCH3 is 1. The molecule has 0 radical (unpaired) electrons. The molecule has 4 aromatic rings. The van der Waals surface area contributed by atoms with Crippen LogP contribution < -0.4 is 25.0 Å². The van der Waals surface area contributed by atoms with Gasteiger partial charge in [-0.1, -0.05) is 0 Å². The molecule has 6 rings (SSSR count). The molecule has 0 aliphatic carbocycles. The number of aromatic nitrogens is 4. The number of nitrogens with one attached hydrogen (secondary N) is 3. The van der Waals surface area contributed by atoms with Crippen LogP contribution >= 0.6 is 15.9 Å². The Kier molecular flexibility index (Phi) is 9.64. The van der Waals surface area contributed by atoms with Gasteiger partial charge in [-0.25, -0.2) is 17.8 Å². The zero-order valence-corrected chi connectivity index (χ0v) is 29.1. The van der Waals surface area contributed by atoms with Crippen molar-refractivity contribution in [2.75, 3.05) is 79.9 Å². The second-order valence-corrected chi connectivity index (χ2v) is 14.5. The van der Waals surface area contributed by atoms with Crippen LogP contribution in [0.15, 0.2) is 47.3 Å². The minimum absolute atomic E-state index is 0.0544. The summed E-state index contributed by atoms with van der Waals surface area (Å²) in [5.74, 6) is 1.22. The predicted octanol–water partition coefficient (Wildman–Crippen LogP) is 4.52. The van der Waals surface area contributed by atoms with Crippen LogP contribution in [0.2, 0.25) is 0 Å². The minimum atomic E-state index is -3.64. The van der Waals surface area contributed by atoms with Gasteiger partial charge >= 0.3 is 0 Å². The van der Waals surface area contributed by atoms with Crippen LogP contribution in [0.25, 0.3) is 11.0 Å². The van der Waals surface area contributed by atoms with Gasteiger partial charge in [0, 0.05) is 69.1 Å². The van der Waals surface area contributed by atoms with Crippen molar-refractivity contribution in [1.29, 1.82) is 0 Å². The molecule has 3 N–H and O–H groups in total. The van der Waals surface area contributed by atoms with Crippen LogP contribution in [0.5, 0.6) is 5.75 Å². The van der Waals surface area contributed by atoms with Gasteiger partial charge in [0.25, 0.3) is 0 Å². The molecule has 2 aromatic heterocycles. The Morgan fingerprint density at radius 2 is 1.79 bits per heavy atom. The molecule has 250 valence electrons. The highest BCUT2D eigenvalue weighted by molar-refractivity contribution is 9.10. The lowest BCUT2D eigenvalue weighted by atomic mass is 9.98. The first-order valence-electron chi connectivity index (χ1n) is 15.3. The summed E-state index contributed by atoms with van der Waals surface area (Å²) in [4.78, 5) is 24.4. The Morgan fingerprint density at radius 1 is 1.02 bits per heavy atom. The Balaban J connectivity index is 1.22. The second-order valence-electron chi connectivity index (χ2n) is 11.9. The Labute approximate surface area is 282 Å². The van der Waals surface area contributed by atoms with Crippen LogP contribution in [-0.2, 0) is 10.0 Å². The van der Waals surface area contributed by atoms with Crippen LogP contribution in [0.4, 0.5) is 38.9 Å². The SMILES string of the molecule is COc1cc(N2CC[C@H](N3CCN(C)CC3)[C@@H](F)C2)c(C)cc1Nc1ncc(Br)c(Nc2ccc3nccnc3c2NS(C)(=O)=O)n1. The van der Waals surface area contributed by atoms with E-state index in [1.54, 1.807) is 25.4 Å². The maximum absolute atomic E-state index is 15.5. The van der Waals surface area contributed by atoms with Crippen molar-refractivity contribution in [3.8, 4) is 5.75 Å². The molecule has 0 unspecified atom stereocenters. The van der Waals surface area contributed by atoms with Crippen molar-refractivity contribution in [3.63, 3.8) is 0 Å². The molecule has 47 heavy (non-hydrogen) atoms. The minimum Gasteiger partial charge on any atom is -0.494 e. The molecule has 0 saturated carbocycles. The third kappa shape index (κ3) is 7.50. The lowest BCUT2D eigenvalue weighted by Crippen LogP contribution is -2.57. The molecule has 2 aromatic carbocycles. The van der Waals surface area contributed by atoms with Crippen molar-refractivity contribution >= 4 is 71.5 Å². The van der Waals surface area contributed by atoms with Gasteiger partial charge < -0.3 is 25.2 Å². The summed E-state index contributed by atoms with van der Waals surface area (Å²) in [7, 11) is 0.0638. The molecule has 13 nitrogen and oxygen atoms in total. The summed E-state index contributed by atoms with van der Waals surface area (Å²) in [5, 5.41) is 6.44. The molecule has 16 heteroatoms. The zero-order valence-electron chi connectivity index (χ0n) is 26.7. The van der Waals surface area contributed by atoms with Gasteiger partial charge in [0.1, 0.15) is 23.3 Å². The van der Waals surface area contributed by atoms with E-state index in [4.69, 9.17) is 4.74 Å². The number of likely N-dealkylation sites (N-methyl/N-ethyl adjacent to an activating group) is 1. The van der Waals surface area contributed by atoms with E-state index in [9.17, 15) is 8.42 Å². The highest BCUT2D eigenvalue weighted by Gasteiger charge is 2.35. The van der Waals surface area contributed by atoms with Gasteiger partial charge in [-0.3, -0.25) is 19.6 Å². The molecule has 2 fully saturated rings. The van der Waals surface area contributed by atoms with Gasteiger partial charge in [-0.2, -0.15) is 4.98 Å². The summed E-state index contributed by atoms with van der Waals surface area (Å²) in [5.41, 5.74) is 4.11. The summed E-state index contributed by atoms with van der Waals surface area (Å²) >= 11 is 3.49. The van der Waals surface area contributed by atoms with Gasteiger partial charge in [-0.15, -0.1) is 0 Å². The predicted molar refractivity (Wildman–Crippen MR) is 187 cm³/mol. The van der Waals surface area contributed by atoms with Crippen LogP contribution in [0.1, 0.15) is 12.0 Å². The fourth-order valence-corrected chi connectivity index (χ4v) is 7.02. The molecule has 4 heterocycles. The van der Waals surface area contributed by atoms with E-state index >= 15 is 4.39 Å². The van der Waals surface area contributed by atoms with Crippen molar-refractivity contribution in [3.05, 3.63) is 52.9 Å². The molecule has 2 atom stereocenters. The number of alkyl halides is 1. The number of fused-ring (bicyclic) bond motifs is 1. The Morgan fingerprint density at radius 3 is 2.51 bits per heavy atom. The highest BCUT2D eigenvalue weighted by Crippen LogP contribution is 2.38. The first kappa shape index (κ1) is 33.1. The van der Waals surface area contributed by atoms with Gasteiger partial charge in [-0.05, 0) is 60.1 Å². The second kappa shape index (κ2) is 13.7. The normalized spacial score (nSPS) is 19.5. The molecule has 2 saturated heterocycles. The fraction of sp³-hybridized carbons (Fsp3) is 0.419. The Bertz CT molecular complexity index is 1880. The number of ether oxygens (including phenoxy) is 1. The van der Waals surface area contributed by atoms with Crippen molar-refractivity contribution in [1.82, 2.24) is 29.7 Å². The van der Waals surface area contributed by atoms with Gasteiger partial charge in [0.15, 0.2) is 0 Å². The largest absolute Gasteiger partial charge is 0.494 e. The number of rotatable bonds is 9. The maximum atomic E-state index is 15.5. The molecule has 2 aliphatic rings. The average Bonchev–Trinajstić information content (AvgIpc) is 3.04. The van der Waals surface area contributed by atoms with Gasteiger partial charge in [0.2, 0.25) is 16.0 Å². The van der Waals surface area contributed by atoms with E-state index in [1.165, 1.54) is 12.4 Å². The summed E-state index contributed by atoms with van der Waals surface area (Å²) in [6, 6.07) is 7.26. The van der Waals surface area contributed by atoms with Gasteiger partial charge in [0.05, 0.1) is 47.0 Å². The summed E-state index contributed by atoms with van der Waals surface area (Å²) in [6.45, 7) is 6.83. The standard InChI is InChI=1S/C31H38BrFN10O3S/c1-19-15-24(27(46-3)16-26(19)43-10-7-25(21(33)18-43)42-13-11-41(2)12-14-42)38-31-36-17-20(32)30(39-31)37-23-6-5-22-28(35-9-8-34-22)29(23)40-47(4,44)45/h5-6,8-9,15-17,21,25,40H,7,10-14,18H2,1-4H3,(H2,36,37,38,39)/t21-,25-/m0/s1. The lowest BCUT2D eigenvalue weighted by molar-refractivity contribution is 0.0532. The molecule has 0 bridgehead atoms. The third-order valence-corrected chi connectivity index (χ3v) is 9.70. The number of benzene rings is 2. The molecule has 0 amide bonds. The monoisotopic (exact) mass is 728 g/mol. The maximum Gasteiger partial charge on any atom is 0.229 e. The van der Waals surface area contributed by atoms with Crippen LogP contribution in [-0.4, -0.2) is 110 Å². The van der Waals surface area contributed by atoms with Crippen molar-refractivity contribution in [2.24, 2.45) is 0 Å². The smallest absolute Gasteiger partial charge is 0.229 e. The average molecular weight is 730 g/mol. The summed E-state index contributed by atoms with van der Waals surface area (Å²) in [6.07, 6.45) is 5.51. The van der Waals surface area contributed by atoms with E-state index in [0.29, 0.717) is 45.0 Å². The summed E-state index contributed by atoms with van der Waals surface area (Å²) < 4.78 is 48.8. The van der Waals surface area contributed by atoms with E-state index in [2.05, 4.69) is 73.0 Å². The molecule has 0 spiro atoms. The Hall–Kier alpha value is -3.86. The van der Waals surface area contributed by atoms with E-state index < -0.39 is 16.2 Å². The van der Waals surface area contributed by atoms with E-state index in [0.717, 1.165) is 56.7 Å². The number of hydrogen-bond donors (Lipinski definition) is 3. The number of piperazine rings is 1. The molecule has 2 aliphatic heterocycles. The van der Waals surface area contributed by atoms with Crippen LogP contribution in [0, 0.1) is 6.92 Å². The number of anilines is 6. The topological polar surface area (TPSA) is 141 Å². The number of piperidine rings is 1.